The lowest BCUT2D eigenvalue weighted by Crippen LogP contribution is -2.17. The first-order chi connectivity index (χ1) is 18.0. The highest BCUT2D eigenvalue weighted by molar-refractivity contribution is 7.85. The molecule has 2 nitrogen and oxygen atoms in total. The second-order valence-electron chi connectivity index (χ2n) is 8.49. The molecule has 0 aliphatic carbocycles. The van der Waals surface area contributed by atoms with Gasteiger partial charge in [0.1, 0.15) is 11.6 Å². The smallest absolute Gasteiger partial charge is 0.249 e. The molecule has 4 aromatic carbocycles. The average molecular weight is 540 g/mol. The van der Waals surface area contributed by atoms with Gasteiger partial charge in [0.2, 0.25) is 0 Å². The minimum atomic E-state index is -4.97. The second-order valence-corrected chi connectivity index (χ2v) is 9.91. The number of allylic oxidation sites excluding steroid dienone is 1. The summed E-state index contributed by atoms with van der Waals surface area (Å²) < 4.78 is 94.6. The van der Waals surface area contributed by atoms with Gasteiger partial charge in [-0.3, -0.25) is 0 Å². The zero-order chi connectivity index (χ0) is 27.2. The van der Waals surface area contributed by atoms with E-state index < -0.39 is 34.3 Å². The third kappa shape index (κ3) is 4.52. The van der Waals surface area contributed by atoms with Crippen LogP contribution >= 0.6 is 0 Å². The molecule has 0 fully saturated rings. The van der Waals surface area contributed by atoms with Crippen LogP contribution < -0.4 is 0 Å². The van der Waals surface area contributed by atoms with Crippen LogP contribution in [0.25, 0.3) is 27.8 Å². The van der Waals surface area contributed by atoms with Gasteiger partial charge in [-0.2, -0.15) is 31.6 Å². The molecular weight excluding hydrogens is 524 g/mol. The Kier molecular flexibility index (Phi) is 6.24. The number of hydrogen-bond donors (Lipinski definition) is 0. The van der Waals surface area contributed by atoms with E-state index in [-0.39, 0.29) is 26.5 Å². The number of rotatable bonds is 2. The van der Waals surface area contributed by atoms with Crippen LogP contribution in [0.3, 0.4) is 0 Å². The van der Waals surface area contributed by atoms with Gasteiger partial charge in [-0.1, -0.05) is 66.7 Å². The summed E-state index contributed by atoms with van der Waals surface area (Å²) in [6.07, 6.45) is -9.50. The SMILES string of the molecule is N#C/C(=C1/c2ccc(-c3ccccc3)cc2S(=O)c2cc(-c3ccc(C(F)(F)F)cc3)ccc21)C(F)(F)F. The van der Waals surface area contributed by atoms with Gasteiger partial charge in [-0.25, -0.2) is 4.21 Å². The van der Waals surface area contributed by atoms with Crippen LogP contribution in [0, 0.1) is 11.3 Å². The maximum Gasteiger partial charge on any atom is 0.426 e. The van der Waals surface area contributed by atoms with Gasteiger partial charge in [-0.05, 0) is 46.5 Å². The first kappa shape index (κ1) is 25.5. The summed E-state index contributed by atoms with van der Waals surface area (Å²) in [6, 6.07) is 23.3. The number of nitrogens with zero attached hydrogens (tertiary/aromatic N) is 1. The lowest BCUT2D eigenvalue weighted by Gasteiger charge is -2.25. The van der Waals surface area contributed by atoms with E-state index in [1.165, 1.54) is 42.5 Å². The van der Waals surface area contributed by atoms with Crippen LogP contribution in [-0.4, -0.2) is 10.4 Å². The Morgan fingerprint density at radius 1 is 0.658 bits per heavy atom. The van der Waals surface area contributed by atoms with Gasteiger partial charge >= 0.3 is 12.4 Å². The van der Waals surface area contributed by atoms with Crippen molar-refractivity contribution in [3.63, 3.8) is 0 Å². The summed E-state index contributed by atoms with van der Waals surface area (Å²) in [5, 5.41) is 9.49. The molecule has 190 valence electrons. The molecule has 0 N–H and O–H groups in total. The molecule has 0 aromatic heterocycles. The molecule has 9 heteroatoms. The molecule has 5 rings (SSSR count). The minimum Gasteiger partial charge on any atom is -0.249 e. The van der Waals surface area contributed by atoms with E-state index in [0.29, 0.717) is 16.7 Å². The van der Waals surface area contributed by atoms with Crippen LogP contribution in [0.2, 0.25) is 0 Å². The van der Waals surface area contributed by atoms with Crippen molar-refractivity contribution in [1.29, 1.82) is 5.26 Å². The van der Waals surface area contributed by atoms with Crippen molar-refractivity contribution in [3.05, 3.63) is 113 Å². The lowest BCUT2D eigenvalue weighted by atomic mass is 9.90. The number of fused-ring (bicyclic) bond motifs is 2. The highest BCUT2D eigenvalue weighted by atomic mass is 32.2. The fourth-order valence-corrected chi connectivity index (χ4v) is 5.84. The van der Waals surface area contributed by atoms with Crippen molar-refractivity contribution in [2.45, 2.75) is 22.1 Å². The molecule has 1 aliphatic heterocycles. The van der Waals surface area contributed by atoms with Crippen LogP contribution in [0.5, 0.6) is 0 Å². The van der Waals surface area contributed by atoms with Crippen molar-refractivity contribution in [1.82, 2.24) is 0 Å². The van der Waals surface area contributed by atoms with E-state index in [1.54, 1.807) is 36.4 Å². The molecule has 1 heterocycles. The van der Waals surface area contributed by atoms with Crippen LogP contribution in [0.4, 0.5) is 26.3 Å². The Morgan fingerprint density at radius 2 is 1.13 bits per heavy atom. The first-order valence-electron chi connectivity index (χ1n) is 11.1. The zero-order valence-electron chi connectivity index (χ0n) is 19.2. The molecule has 0 spiro atoms. The molecule has 1 unspecified atom stereocenters. The fourth-order valence-electron chi connectivity index (χ4n) is 4.40. The average Bonchev–Trinajstić information content (AvgIpc) is 2.90. The van der Waals surface area contributed by atoms with Crippen molar-refractivity contribution in [2.24, 2.45) is 0 Å². The summed E-state index contributed by atoms with van der Waals surface area (Å²) >= 11 is 0. The normalized spacial score (nSPS) is 16.3. The third-order valence-corrected chi connectivity index (χ3v) is 7.67. The number of nitriles is 1. The summed E-state index contributed by atoms with van der Waals surface area (Å²) in [5.74, 6) is 0. The van der Waals surface area contributed by atoms with Gasteiger partial charge in [0.05, 0.1) is 26.2 Å². The van der Waals surface area contributed by atoms with Gasteiger partial charge in [0.15, 0.2) is 0 Å². The van der Waals surface area contributed by atoms with E-state index in [9.17, 15) is 35.8 Å². The topological polar surface area (TPSA) is 40.9 Å². The molecule has 1 atom stereocenters. The summed E-state index contributed by atoms with van der Waals surface area (Å²) in [7, 11) is -1.93. The second kappa shape index (κ2) is 9.30. The Hall–Kier alpha value is -4.16. The van der Waals surface area contributed by atoms with Crippen molar-refractivity contribution >= 4 is 16.4 Å². The van der Waals surface area contributed by atoms with Crippen LogP contribution in [-0.2, 0) is 17.0 Å². The van der Waals surface area contributed by atoms with Gasteiger partial charge in [0, 0.05) is 16.7 Å². The van der Waals surface area contributed by atoms with E-state index in [2.05, 4.69) is 0 Å². The summed E-state index contributed by atoms with van der Waals surface area (Å²) in [5.41, 5.74) is -0.515. The molecule has 0 saturated heterocycles. The lowest BCUT2D eigenvalue weighted by molar-refractivity contribution is -0.137. The van der Waals surface area contributed by atoms with E-state index in [1.807, 2.05) is 6.07 Å². The Morgan fingerprint density at radius 3 is 1.58 bits per heavy atom. The fraction of sp³-hybridized carbons (Fsp3) is 0.0690. The number of benzene rings is 4. The van der Waals surface area contributed by atoms with Crippen molar-refractivity contribution in [3.8, 4) is 28.3 Å². The number of halogens is 6. The van der Waals surface area contributed by atoms with Gasteiger partial charge in [-0.15, -0.1) is 0 Å². The van der Waals surface area contributed by atoms with Gasteiger partial charge in [0.25, 0.3) is 0 Å². The Labute approximate surface area is 215 Å². The maximum absolute atomic E-state index is 14.0. The molecule has 38 heavy (non-hydrogen) atoms. The standard InChI is InChI=1S/C29H15F6NOS/c30-28(31,32)21-10-6-18(7-11-21)20-9-13-23-26(15-20)38(37)25-14-19(17-4-2-1-3-5-17)8-12-22(25)27(23)24(16-36)29(33,34)35/h1-15H/b27-24+. The quantitative estimate of drug-likeness (QED) is 0.167. The number of alkyl halides is 6. The third-order valence-electron chi connectivity index (χ3n) is 6.20. The molecule has 0 bridgehead atoms. The molecule has 4 aromatic rings. The molecule has 1 aliphatic rings. The zero-order valence-corrected chi connectivity index (χ0v) is 20.0. The van der Waals surface area contributed by atoms with Crippen molar-refractivity contribution in [2.75, 3.05) is 0 Å². The Bertz CT molecular complexity index is 1650. The van der Waals surface area contributed by atoms with E-state index >= 15 is 0 Å². The molecule has 0 radical (unpaired) electrons. The van der Waals surface area contributed by atoms with Gasteiger partial charge < -0.3 is 0 Å². The highest BCUT2D eigenvalue weighted by Gasteiger charge is 2.40. The summed E-state index contributed by atoms with van der Waals surface area (Å²) in [4.78, 5) is 0.141. The molecule has 0 saturated carbocycles. The van der Waals surface area contributed by atoms with E-state index in [0.717, 1.165) is 17.7 Å². The predicted molar refractivity (Wildman–Crippen MR) is 131 cm³/mol. The molecule has 0 amide bonds. The largest absolute Gasteiger partial charge is 0.426 e. The highest BCUT2D eigenvalue weighted by Crippen LogP contribution is 2.46. The Balaban J connectivity index is 1.73. The maximum atomic E-state index is 14.0. The van der Waals surface area contributed by atoms with Crippen molar-refractivity contribution < 1.29 is 30.6 Å². The first-order valence-corrected chi connectivity index (χ1v) is 12.3. The van der Waals surface area contributed by atoms with Crippen LogP contribution in [0.15, 0.2) is 106 Å². The van der Waals surface area contributed by atoms with Crippen LogP contribution in [0.1, 0.15) is 16.7 Å². The minimum absolute atomic E-state index is 0.0205. The number of hydrogen-bond acceptors (Lipinski definition) is 2. The molecular formula is C29H15F6NOS. The summed E-state index contributed by atoms with van der Waals surface area (Å²) in [6.45, 7) is 0. The monoisotopic (exact) mass is 539 g/mol. The predicted octanol–water partition coefficient (Wildman–Crippen LogP) is 8.41. The van der Waals surface area contributed by atoms with E-state index in [4.69, 9.17) is 0 Å².